The van der Waals surface area contributed by atoms with Crippen LogP contribution in [-0.4, -0.2) is 44.2 Å². The Kier molecular flexibility index (Phi) is 15.4. The van der Waals surface area contributed by atoms with Gasteiger partial charge in [-0.05, 0) is 49.3 Å². The van der Waals surface area contributed by atoms with Crippen LogP contribution in [0.15, 0.2) is 61.1 Å². The van der Waals surface area contributed by atoms with Gasteiger partial charge in [-0.15, -0.1) is 17.9 Å². The van der Waals surface area contributed by atoms with Crippen molar-refractivity contribution in [3.63, 3.8) is 0 Å². The van der Waals surface area contributed by atoms with Gasteiger partial charge in [-0.3, -0.25) is 14.4 Å². The molecule has 0 spiro atoms. The molecule has 0 aliphatic carbocycles. The van der Waals surface area contributed by atoms with Crippen LogP contribution < -0.4 is 10.6 Å². The Bertz CT molecular complexity index is 1140. The third-order valence-corrected chi connectivity index (χ3v) is 8.29. The Morgan fingerprint density at radius 1 is 1.15 bits per heavy atom. The fourth-order valence-electron chi connectivity index (χ4n) is 4.43. The minimum absolute atomic E-state index is 0.0855. The summed E-state index contributed by atoms with van der Waals surface area (Å²) in [7, 11) is 0. The number of allylic oxidation sites excluding steroid dienone is 1. The molecule has 7 nitrogen and oxygen atoms in total. The number of hydrogen-bond donors (Lipinski definition) is 2. The van der Waals surface area contributed by atoms with Crippen LogP contribution in [0.5, 0.6) is 0 Å². The third-order valence-electron chi connectivity index (χ3n) is 6.86. The van der Waals surface area contributed by atoms with E-state index in [-0.39, 0.29) is 5.91 Å². The van der Waals surface area contributed by atoms with Crippen molar-refractivity contribution >= 4 is 40.4 Å². The first-order valence-electron chi connectivity index (χ1n) is 14.8. The van der Waals surface area contributed by atoms with Crippen LogP contribution in [0.25, 0.3) is 0 Å². The summed E-state index contributed by atoms with van der Waals surface area (Å²) in [6.07, 6.45) is 13.3. The zero-order valence-electron chi connectivity index (χ0n) is 25.4. The molecule has 2 aliphatic heterocycles. The van der Waals surface area contributed by atoms with Crippen molar-refractivity contribution in [2.24, 2.45) is 5.92 Å². The van der Waals surface area contributed by atoms with Gasteiger partial charge in [-0.1, -0.05) is 89.7 Å². The Balaban J connectivity index is 0.000000573. The highest BCUT2D eigenvalue weighted by molar-refractivity contribution is 7.16. The summed E-state index contributed by atoms with van der Waals surface area (Å²) in [5, 5.41) is 10.7. The highest BCUT2D eigenvalue weighted by Gasteiger charge is 2.39. The number of aromatic nitrogens is 2. The summed E-state index contributed by atoms with van der Waals surface area (Å²) in [6.45, 7) is 20.6. The third kappa shape index (κ3) is 10.4. The summed E-state index contributed by atoms with van der Waals surface area (Å²) in [6, 6.07) is 3.93. The minimum Gasteiger partial charge on any atom is -0.345 e. The topological polar surface area (TPSA) is 65.4 Å². The van der Waals surface area contributed by atoms with Crippen molar-refractivity contribution < 1.29 is 4.79 Å². The molecule has 4 rings (SSSR count). The van der Waals surface area contributed by atoms with E-state index in [0.29, 0.717) is 24.6 Å². The first-order chi connectivity index (χ1) is 19.8. The first kappa shape index (κ1) is 34.8. The maximum absolute atomic E-state index is 13.1. The maximum Gasteiger partial charge on any atom is 0.279 e. The van der Waals surface area contributed by atoms with E-state index in [4.69, 9.17) is 23.2 Å². The molecule has 2 unspecified atom stereocenters. The second-order valence-corrected chi connectivity index (χ2v) is 12.2. The molecule has 0 aromatic carbocycles. The molecular weight excluding hydrogens is 575 g/mol. The molecule has 1 amide bonds. The highest BCUT2D eigenvalue weighted by Crippen LogP contribution is 2.29. The zero-order valence-corrected chi connectivity index (χ0v) is 27.7. The Hall–Kier alpha value is -2.42. The molecule has 228 valence electrons. The number of nitrogens with zero attached hydrogens (tertiary/aromatic N) is 4. The molecule has 0 fully saturated rings. The standard InChI is InChI=1S/C22H28Cl2N6OS.C7H14.C2H6/c1-3-4-5-10-29-15(2)30(21(31)19-20(29)27-22(24)26-19)11-6-7-16-12-25-28(13-16)14-17-8-9-18(23)32-17;1-4-6-7(3)5-2;1-2/h8-9,12-13,22,26-27H,2-7,10-11,14H2,1H3;4,7H,1,5-6H2,2-3H3;1-2H3. The molecule has 0 bridgehead atoms. The lowest BCUT2D eigenvalue weighted by Crippen LogP contribution is -2.47. The van der Waals surface area contributed by atoms with E-state index in [9.17, 15) is 4.79 Å². The fraction of sp³-hybridized carbons (Fsp3) is 0.548. The van der Waals surface area contributed by atoms with Crippen LogP contribution >= 0.6 is 34.5 Å². The number of carbonyl (C=O) groups is 1. The summed E-state index contributed by atoms with van der Waals surface area (Å²) in [5.74, 6) is 2.19. The zero-order chi connectivity index (χ0) is 30.4. The lowest BCUT2D eigenvalue weighted by Gasteiger charge is -2.38. The predicted octanol–water partition coefficient (Wildman–Crippen LogP) is 7.90. The van der Waals surface area contributed by atoms with Crippen LogP contribution in [0.1, 0.15) is 83.6 Å². The van der Waals surface area contributed by atoms with Gasteiger partial charge >= 0.3 is 0 Å². The van der Waals surface area contributed by atoms with Crippen LogP contribution in [0.3, 0.4) is 0 Å². The van der Waals surface area contributed by atoms with Crippen molar-refractivity contribution in [2.75, 3.05) is 13.1 Å². The molecule has 2 N–H and O–H groups in total. The molecule has 41 heavy (non-hydrogen) atoms. The SMILES string of the molecule is C=C1N(CCCc2cnn(Cc3ccc(Cl)s3)c2)C(=O)C2=C(NC(Cl)N2)N1CCCCC.C=CCC(C)CC.CC. The van der Waals surface area contributed by atoms with Gasteiger partial charge in [0.1, 0.15) is 17.3 Å². The second kappa shape index (κ2) is 18.2. The molecule has 0 radical (unpaired) electrons. The van der Waals surface area contributed by atoms with Gasteiger partial charge in [0.15, 0.2) is 5.62 Å². The normalized spacial score (nSPS) is 16.7. The number of halogens is 2. The number of carbonyl (C=O) groups excluding carboxylic acids is 1. The van der Waals surface area contributed by atoms with Crippen LogP contribution in [0.4, 0.5) is 0 Å². The van der Waals surface area contributed by atoms with E-state index in [1.165, 1.54) is 11.3 Å². The van der Waals surface area contributed by atoms with Crippen molar-refractivity contribution in [3.8, 4) is 0 Å². The Morgan fingerprint density at radius 3 is 2.49 bits per heavy atom. The fourth-order valence-corrected chi connectivity index (χ4v) is 5.72. The number of rotatable bonds is 13. The van der Waals surface area contributed by atoms with E-state index in [1.54, 1.807) is 16.2 Å². The average molecular weight is 624 g/mol. The van der Waals surface area contributed by atoms with Gasteiger partial charge < -0.3 is 15.5 Å². The van der Waals surface area contributed by atoms with Gasteiger partial charge in [0.05, 0.1) is 17.1 Å². The predicted molar refractivity (Wildman–Crippen MR) is 175 cm³/mol. The molecule has 2 aliphatic rings. The molecule has 2 aromatic rings. The highest BCUT2D eigenvalue weighted by atomic mass is 35.5. The van der Waals surface area contributed by atoms with Crippen molar-refractivity contribution in [3.05, 3.63) is 75.9 Å². The molecule has 0 saturated carbocycles. The number of unbranched alkanes of at least 4 members (excludes halogenated alkanes) is 2. The Morgan fingerprint density at radius 2 is 1.88 bits per heavy atom. The van der Waals surface area contributed by atoms with Crippen LogP contribution in [-0.2, 0) is 17.8 Å². The minimum atomic E-state index is -0.491. The number of alkyl halides is 1. The van der Waals surface area contributed by atoms with Gasteiger partial charge in [-0.25, -0.2) is 0 Å². The maximum atomic E-state index is 13.1. The van der Waals surface area contributed by atoms with Crippen molar-refractivity contribution in [1.29, 1.82) is 0 Å². The molecule has 2 aromatic heterocycles. The average Bonchev–Trinajstić information content (AvgIpc) is 3.70. The van der Waals surface area contributed by atoms with Crippen molar-refractivity contribution in [1.82, 2.24) is 30.2 Å². The Labute approximate surface area is 261 Å². The summed E-state index contributed by atoms with van der Waals surface area (Å²) >= 11 is 13.8. The monoisotopic (exact) mass is 622 g/mol. The van der Waals surface area contributed by atoms with Crippen LogP contribution in [0, 0.1) is 5.92 Å². The first-order valence-corrected chi connectivity index (χ1v) is 16.5. The summed E-state index contributed by atoms with van der Waals surface area (Å²) in [5.41, 5.74) is 1.18. The van der Waals surface area contributed by atoms with Gasteiger partial charge in [0.2, 0.25) is 0 Å². The molecule has 2 atom stereocenters. The van der Waals surface area contributed by atoms with E-state index < -0.39 is 5.62 Å². The molecular formula is C31H48Cl2N6OS. The summed E-state index contributed by atoms with van der Waals surface area (Å²) in [4.78, 5) is 18.1. The van der Waals surface area contributed by atoms with Gasteiger partial charge in [-0.2, -0.15) is 5.10 Å². The van der Waals surface area contributed by atoms with Crippen molar-refractivity contribution in [2.45, 2.75) is 91.7 Å². The second-order valence-electron chi connectivity index (χ2n) is 10.00. The molecule has 4 heterocycles. The van der Waals surface area contributed by atoms with Crippen LogP contribution in [0.2, 0.25) is 4.34 Å². The number of aryl methyl sites for hydroxylation is 1. The van der Waals surface area contributed by atoms with E-state index >= 15 is 0 Å². The van der Waals surface area contributed by atoms with Gasteiger partial charge in [0.25, 0.3) is 5.91 Å². The quantitative estimate of drug-likeness (QED) is 0.103. The van der Waals surface area contributed by atoms with E-state index in [1.807, 2.05) is 42.9 Å². The number of thiophene rings is 1. The van der Waals surface area contributed by atoms with E-state index in [0.717, 1.165) is 66.7 Å². The smallest absolute Gasteiger partial charge is 0.279 e. The lowest BCUT2D eigenvalue weighted by molar-refractivity contribution is -0.127. The summed E-state index contributed by atoms with van der Waals surface area (Å²) < 4.78 is 2.71. The number of nitrogens with one attached hydrogen (secondary N) is 2. The molecule has 0 saturated heterocycles. The lowest BCUT2D eigenvalue weighted by atomic mass is 10.1. The largest absolute Gasteiger partial charge is 0.345 e. The number of amides is 1. The molecule has 10 heteroatoms. The van der Waals surface area contributed by atoms with E-state index in [2.05, 4.69) is 60.8 Å². The number of hydrogen-bond acceptors (Lipinski definition) is 6. The van der Waals surface area contributed by atoms with Gasteiger partial charge in [0, 0.05) is 24.2 Å².